The third-order valence-electron chi connectivity index (χ3n) is 7.87. The van der Waals surface area contributed by atoms with Gasteiger partial charge in [-0.05, 0) is 72.7 Å². The minimum atomic E-state index is -1.41. The number of thiophene rings is 1. The van der Waals surface area contributed by atoms with Gasteiger partial charge in [-0.2, -0.15) is 0 Å². The van der Waals surface area contributed by atoms with E-state index in [0.29, 0.717) is 36.6 Å². The summed E-state index contributed by atoms with van der Waals surface area (Å²) in [4.78, 5) is 56.0. The molecule has 10 heteroatoms. The Bertz CT molecular complexity index is 1270. The van der Waals surface area contributed by atoms with Crippen LogP contribution in [0.2, 0.25) is 0 Å². The second-order valence-corrected chi connectivity index (χ2v) is 11.0. The summed E-state index contributed by atoms with van der Waals surface area (Å²) in [5.74, 6) is -0.202. The second-order valence-electron chi connectivity index (χ2n) is 10.00. The van der Waals surface area contributed by atoms with Crippen LogP contribution in [-0.4, -0.2) is 53.4 Å². The number of fused-ring (bicyclic) bond motifs is 3. The van der Waals surface area contributed by atoms with Gasteiger partial charge in [0, 0.05) is 42.2 Å². The van der Waals surface area contributed by atoms with Gasteiger partial charge in [-0.15, -0.1) is 11.3 Å². The number of urea groups is 1. The van der Waals surface area contributed by atoms with E-state index in [2.05, 4.69) is 22.1 Å². The summed E-state index contributed by atoms with van der Waals surface area (Å²) in [7, 11) is 1.53. The van der Waals surface area contributed by atoms with Crippen molar-refractivity contribution in [1.82, 2.24) is 15.1 Å². The van der Waals surface area contributed by atoms with Crippen molar-refractivity contribution in [3.8, 4) is 0 Å². The van der Waals surface area contributed by atoms with Crippen LogP contribution in [-0.2, 0) is 39.3 Å². The van der Waals surface area contributed by atoms with E-state index in [-0.39, 0.29) is 24.5 Å². The number of anilines is 1. The van der Waals surface area contributed by atoms with Crippen LogP contribution in [0, 0.1) is 5.92 Å². The molecule has 2 aliphatic heterocycles. The number of nitrogens with zero attached hydrogens (tertiary/aromatic N) is 2. The summed E-state index contributed by atoms with van der Waals surface area (Å²) >= 11 is 1.73. The number of carbonyl (C=O) groups excluding carboxylic acids is 4. The van der Waals surface area contributed by atoms with Gasteiger partial charge in [0.2, 0.25) is 11.5 Å². The largest absolute Gasteiger partial charge is 0.427 e. The first-order chi connectivity index (χ1) is 17.4. The van der Waals surface area contributed by atoms with Gasteiger partial charge in [-0.3, -0.25) is 9.59 Å². The van der Waals surface area contributed by atoms with Crippen molar-refractivity contribution >= 4 is 41.0 Å². The van der Waals surface area contributed by atoms with Crippen molar-refractivity contribution in [2.75, 3.05) is 18.9 Å². The van der Waals surface area contributed by atoms with E-state index in [1.54, 1.807) is 29.5 Å². The van der Waals surface area contributed by atoms with Crippen LogP contribution in [0.15, 0.2) is 29.6 Å². The predicted molar refractivity (Wildman–Crippen MR) is 132 cm³/mol. The molecule has 1 spiro atoms. The summed E-state index contributed by atoms with van der Waals surface area (Å²) in [6, 6.07) is 7.07. The number of rotatable bonds is 4. The molecule has 5 amide bonds. The van der Waals surface area contributed by atoms with E-state index in [0.717, 1.165) is 41.7 Å². The highest BCUT2D eigenvalue weighted by Crippen LogP contribution is 2.46. The maximum atomic E-state index is 13.6. The quantitative estimate of drug-likeness (QED) is 0.658. The van der Waals surface area contributed by atoms with Gasteiger partial charge >= 0.3 is 12.1 Å². The maximum absolute atomic E-state index is 13.6. The molecule has 2 fully saturated rings. The van der Waals surface area contributed by atoms with Crippen molar-refractivity contribution in [3.63, 3.8) is 0 Å². The summed E-state index contributed by atoms with van der Waals surface area (Å²) in [6.07, 6.45) is 4.16. The molecule has 36 heavy (non-hydrogen) atoms. The van der Waals surface area contributed by atoms with Crippen LogP contribution < -0.4 is 10.6 Å². The van der Waals surface area contributed by atoms with E-state index < -0.39 is 17.6 Å². The van der Waals surface area contributed by atoms with E-state index >= 15 is 0 Å². The summed E-state index contributed by atoms with van der Waals surface area (Å²) in [5.41, 5.74) is 1.80. The molecule has 0 bridgehead atoms. The normalized spacial score (nSPS) is 24.9. The number of aryl methyl sites for hydroxylation is 2. The van der Waals surface area contributed by atoms with Gasteiger partial charge in [-0.1, -0.05) is 6.07 Å². The zero-order valence-electron chi connectivity index (χ0n) is 20.0. The lowest BCUT2D eigenvalue weighted by Crippen LogP contribution is -2.48. The lowest BCUT2D eigenvalue weighted by Gasteiger charge is -2.31. The highest BCUT2D eigenvalue weighted by molar-refractivity contribution is 7.10. The van der Waals surface area contributed by atoms with Crippen molar-refractivity contribution in [2.24, 2.45) is 5.92 Å². The number of hydrogen-bond donors (Lipinski definition) is 2. The maximum Gasteiger partial charge on any atom is 0.418 e. The van der Waals surface area contributed by atoms with Gasteiger partial charge in [0.05, 0.1) is 0 Å². The van der Waals surface area contributed by atoms with E-state index in [1.165, 1.54) is 11.9 Å². The van der Waals surface area contributed by atoms with Crippen molar-refractivity contribution in [3.05, 3.63) is 51.2 Å². The fourth-order valence-corrected chi connectivity index (χ4v) is 6.77. The minimum absolute atomic E-state index is 0.137. The molecule has 188 valence electrons. The zero-order chi connectivity index (χ0) is 25.0. The standard InChI is InChI=1S/C26H28N4O5S/c1-27-24(33)28-18-4-5-19-16(12-18)8-10-26(19)23(32)30(25(34)35-26)14-22(31)29-13-17-9-11-36-21(17)7-6-20(29)15-2-3-15/h4-5,9,11-12,15,20H,2-3,6-8,10,13-14H2,1H3,(H2,27,28,33)/t20-,26+/m0/s1. The van der Waals surface area contributed by atoms with Crippen LogP contribution in [0.5, 0.6) is 0 Å². The van der Waals surface area contributed by atoms with Gasteiger partial charge < -0.3 is 20.3 Å². The summed E-state index contributed by atoms with van der Waals surface area (Å²) in [5, 5.41) is 7.28. The van der Waals surface area contributed by atoms with Crippen LogP contribution >= 0.6 is 11.3 Å². The molecule has 2 N–H and O–H groups in total. The second kappa shape index (κ2) is 8.62. The monoisotopic (exact) mass is 508 g/mol. The fraction of sp³-hybridized carbons (Fsp3) is 0.462. The molecule has 1 saturated carbocycles. The molecule has 2 aromatic rings. The molecule has 0 radical (unpaired) electrons. The number of carbonyl (C=O) groups is 4. The van der Waals surface area contributed by atoms with Crippen LogP contribution in [0.4, 0.5) is 15.3 Å². The Balaban J connectivity index is 1.22. The molecule has 1 aromatic carbocycles. The Labute approximate surface area is 212 Å². The molecular weight excluding hydrogens is 480 g/mol. The summed E-state index contributed by atoms with van der Waals surface area (Å²) in [6.45, 7) is 0.207. The Kier molecular flexibility index (Phi) is 5.51. The molecular formula is C26H28N4O5S. The molecule has 0 unspecified atom stereocenters. The highest BCUT2D eigenvalue weighted by atomic mass is 32.1. The zero-order valence-corrected chi connectivity index (χ0v) is 20.9. The number of amides is 5. The van der Waals surface area contributed by atoms with E-state index in [9.17, 15) is 19.2 Å². The number of ether oxygens (including phenoxy) is 1. The third kappa shape index (κ3) is 3.75. The smallest absolute Gasteiger partial charge is 0.418 e. The lowest BCUT2D eigenvalue weighted by molar-refractivity contribution is -0.143. The van der Waals surface area contributed by atoms with Crippen molar-refractivity contribution in [2.45, 2.75) is 56.7 Å². The molecule has 2 aliphatic carbocycles. The number of benzene rings is 1. The van der Waals surface area contributed by atoms with Crippen LogP contribution in [0.25, 0.3) is 0 Å². The number of imide groups is 1. The average molecular weight is 509 g/mol. The van der Waals surface area contributed by atoms with Crippen molar-refractivity contribution < 1.29 is 23.9 Å². The van der Waals surface area contributed by atoms with Crippen molar-refractivity contribution in [1.29, 1.82) is 0 Å². The van der Waals surface area contributed by atoms with E-state index in [1.807, 2.05) is 4.90 Å². The number of nitrogens with one attached hydrogen (secondary N) is 2. The van der Waals surface area contributed by atoms with Gasteiger partial charge in [-0.25, -0.2) is 14.5 Å². The van der Waals surface area contributed by atoms with Gasteiger partial charge in [0.1, 0.15) is 6.54 Å². The minimum Gasteiger partial charge on any atom is -0.427 e. The lowest BCUT2D eigenvalue weighted by atomic mass is 9.94. The average Bonchev–Trinajstić information content (AvgIpc) is 3.50. The SMILES string of the molecule is CNC(=O)Nc1ccc2c(c1)CC[C@@]21OC(=O)N(CC(=O)N2Cc3ccsc3CC[C@H]2C2CC2)C1=O. The molecule has 4 aliphatic rings. The Morgan fingerprint density at radius 3 is 2.75 bits per heavy atom. The highest BCUT2D eigenvalue weighted by Gasteiger charge is 2.58. The van der Waals surface area contributed by atoms with Gasteiger partial charge in [0.15, 0.2) is 0 Å². The van der Waals surface area contributed by atoms with Gasteiger partial charge in [0.25, 0.3) is 5.91 Å². The first kappa shape index (κ1) is 23.0. The topological polar surface area (TPSA) is 108 Å². The molecule has 9 nitrogen and oxygen atoms in total. The first-order valence-corrected chi connectivity index (χ1v) is 13.3. The fourth-order valence-electron chi connectivity index (χ4n) is 5.86. The Morgan fingerprint density at radius 1 is 1.14 bits per heavy atom. The van der Waals surface area contributed by atoms with E-state index in [4.69, 9.17) is 4.74 Å². The predicted octanol–water partition coefficient (Wildman–Crippen LogP) is 3.37. The van der Waals surface area contributed by atoms with Crippen LogP contribution in [0.1, 0.15) is 47.3 Å². The first-order valence-electron chi connectivity index (χ1n) is 12.4. The Morgan fingerprint density at radius 2 is 1.97 bits per heavy atom. The van der Waals surface area contributed by atoms with Crippen LogP contribution in [0.3, 0.4) is 0 Å². The third-order valence-corrected chi connectivity index (χ3v) is 8.89. The molecule has 2 atom stereocenters. The Hall–Kier alpha value is -3.40. The number of hydrogen-bond acceptors (Lipinski definition) is 6. The summed E-state index contributed by atoms with van der Waals surface area (Å²) < 4.78 is 5.72. The molecule has 1 saturated heterocycles. The molecule has 6 rings (SSSR count). The molecule has 1 aromatic heterocycles. The molecule has 3 heterocycles.